The zero-order valence-corrected chi connectivity index (χ0v) is 11.1. The maximum atomic E-state index is 12.4. The van der Waals surface area contributed by atoms with Crippen LogP contribution in [0.1, 0.15) is 0 Å². The van der Waals surface area contributed by atoms with E-state index in [0.717, 1.165) is 6.07 Å². The molecule has 2 aromatic carbocycles. The molecule has 0 saturated heterocycles. The van der Waals surface area contributed by atoms with Gasteiger partial charge in [0.1, 0.15) is 0 Å². The summed E-state index contributed by atoms with van der Waals surface area (Å²) < 4.78 is 23.0. The van der Waals surface area contributed by atoms with Crippen molar-refractivity contribution in [3.05, 3.63) is 64.7 Å². The SMILES string of the molecule is O=[N+]([O-])c1cccc([As](=O)(O)c2ccccc2)c1. The first-order valence-electron chi connectivity index (χ1n) is 5.15. The second kappa shape index (κ2) is 4.80. The fourth-order valence-electron chi connectivity index (χ4n) is 1.57. The fraction of sp³-hybridized carbons (Fsp3) is 0. The average molecular weight is 307 g/mol. The number of hydrogen-bond donors (Lipinski definition) is 1. The van der Waals surface area contributed by atoms with Crippen molar-refractivity contribution < 1.29 is 12.8 Å². The summed E-state index contributed by atoms with van der Waals surface area (Å²) >= 11 is -4.47. The van der Waals surface area contributed by atoms with Gasteiger partial charge in [-0.15, -0.1) is 0 Å². The molecule has 0 aliphatic carbocycles. The number of nitro groups is 1. The summed E-state index contributed by atoms with van der Waals surface area (Å²) in [5.74, 6) is 0. The summed E-state index contributed by atoms with van der Waals surface area (Å²) in [7, 11) is 0. The molecule has 0 spiro atoms. The standard InChI is InChI=1S/C12H10AsNO4/c15-13(16,10-5-2-1-3-6-10)11-7-4-8-12(9-11)14(17)18/h1-9H,(H,15,16). The molecular weight excluding hydrogens is 297 g/mol. The molecule has 1 N–H and O–H groups in total. The summed E-state index contributed by atoms with van der Waals surface area (Å²) in [5, 5.41) is 10.7. The Morgan fingerprint density at radius 1 is 1.00 bits per heavy atom. The average Bonchev–Trinajstić information content (AvgIpc) is 2.40. The van der Waals surface area contributed by atoms with E-state index in [0.29, 0.717) is 4.35 Å². The van der Waals surface area contributed by atoms with Crippen LogP contribution in [0.25, 0.3) is 0 Å². The molecule has 0 saturated carbocycles. The van der Waals surface area contributed by atoms with Crippen molar-refractivity contribution in [2.75, 3.05) is 0 Å². The Hall–Kier alpha value is -1.84. The van der Waals surface area contributed by atoms with E-state index in [1.807, 2.05) is 0 Å². The van der Waals surface area contributed by atoms with E-state index in [1.54, 1.807) is 30.3 Å². The molecule has 2 rings (SSSR count). The van der Waals surface area contributed by atoms with E-state index < -0.39 is 18.8 Å². The van der Waals surface area contributed by atoms with Gasteiger partial charge in [0.15, 0.2) is 0 Å². The van der Waals surface area contributed by atoms with Crippen LogP contribution in [0, 0.1) is 10.1 Å². The molecule has 1 atom stereocenters. The van der Waals surface area contributed by atoms with Gasteiger partial charge in [0, 0.05) is 0 Å². The van der Waals surface area contributed by atoms with Crippen LogP contribution in [0.4, 0.5) is 5.69 Å². The Bertz CT molecular complexity index is 627. The molecule has 0 heterocycles. The molecule has 0 amide bonds. The molecule has 6 heteroatoms. The number of rotatable bonds is 3. The van der Waals surface area contributed by atoms with Crippen LogP contribution in [-0.4, -0.2) is 22.9 Å². The van der Waals surface area contributed by atoms with Crippen molar-refractivity contribution in [3.63, 3.8) is 0 Å². The molecule has 2 aromatic rings. The Kier molecular flexibility index (Phi) is 3.36. The quantitative estimate of drug-likeness (QED) is 0.511. The van der Waals surface area contributed by atoms with E-state index >= 15 is 0 Å². The number of non-ortho nitro benzene ring substituents is 1. The molecule has 0 aliphatic rings. The van der Waals surface area contributed by atoms with Gasteiger partial charge in [-0.25, -0.2) is 0 Å². The third-order valence-electron chi connectivity index (χ3n) is 2.50. The first-order chi connectivity index (χ1) is 8.51. The number of hydrogen-bond acceptors (Lipinski definition) is 3. The van der Waals surface area contributed by atoms with Gasteiger partial charge in [-0.1, -0.05) is 0 Å². The van der Waals surface area contributed by atoms with Crippen molar-refractivity contribution in [2.45, 2.75) is 0 Å². The molecule has 0 fully saturated rings. The number of nitro benzene ring substituents is 1. The zero-order chi connectivity index (χ0) is 13.2. The number of nitrogens with zero attached hydrogens (tertiary/aromatic N) is 1. The van der Waals surface area contributed by atoms with E-state index in [2.05, 4.69) is 0 Å². The summed E-state index contributed by atoms with van der Waals surface area (Å²) in [6.45, 7) is 0. The molecule has 1 unspecified atom stereocenters. The third-order valence-corrected chi connectivity index (χ3v) is 6.64. The monoisotopic (exact) mass is 307 g/mol. The zero-order valence-electron chi connectivity index (χ0n) is 9.26. The van der Waals surface area contributed by atoms with Gasteiger partial charge in [-0.05, 0) is 0 Å². The van der Waals surface area contributed by atoms with Crippen molar-refractivity contribution in [3.8, 4) is 0 Å². The van der Waals surface area contributed by atoms with Gasteiger partial charge in [0.25, 0.3) is 0 Å². The molecule has 92 valence electrons. The fourth-order valence-corrected chi connectivity index (χ4v) is 4.66. The topological polar surface area (TPSA) is 80.4 Å². The van der Waals surface area contributed by atoms with Crippen LogP contribution in [0.15, 0.2) is 54.6 Å². The normalized spacial score (nSPS) is 13.8. The Morgan fingerprint density at radius 3 is 2.22 bits per heavy atom. The molecular formula is C12H10AsNO4. The van der Waals surface area contributed by atoms with Crippen molar-refractivity contribution >= 4 is 28.2 Å². The van der Waals surface area contributed by atoms with Crippen LogP contribution in [0.3, 0.4) is 0 Å². The first kappa shape index (κ1) is 12.6. The van der Waals surface area contributed by atoms with E-state index in [1.165, 1.54) is 18.2 Å². The minimum atomic E-state index is -4.47. The van der Waals surface area contributed by atoms with Crippen molar-refractivity contribution in [1.82, 2.24) is 0 Å². The predicted molar refractivity (Wildman–Crippen MR) is 67.5 cm³/mol. The summed E-state index contributed by atoms with van der Waals surface area (Å²) in [4.78, 5) is 10.1. The van der Waals surface area contributed by atoms with E-state index in [9.17, 15) is 17.9 Å². The molecule has 18 heavy (non-hydrogen) atoms. The van der Waals surface area contributed by atoms with Gasteiger partial charge >= 0.3 is 106 Å². The first-order valence-corrected chi connectivity index (χ1v) is 8.63. The van der Waals surface area contributed by atoms with Gasteiger partial charge in [-0.3, -0.25) is 0 Å². The van der Waals surface area contributed by atoms with Crippen LogP contribution < -0.4 is 8.70 Å². The Labute approximate surface area is 106 Å². The Balaban J connectivity index is 2.51. The molecule has 0 radical (unpaired) electrons. The number of benzene rings is 2. The summed E-state index contributed by atoms with van der Waals surface area (Å²) in [6, 6.07) is 13.5. The molecule has 0 bridgehead atoms. The van der Waals surface area contributed by atoms with Gasteiger partial charge in [0.2, 0.25) is 0 Å². The second-order valence-electron chi connectivity index (χ2n) is 3.69. The maximum absolute atomic E-state index is 12.4. The predicted octanol–water partition coefficient (Wildman–Crippen LogP) is 0.574. The van der Waals surface area contributed by atoms with Crippen molar-refractivity contribution in [2.24, 2.45) is 0 Å². The van der Waals surface area contributed by atoms with Gasteiger partial charge in [-0.2, -0.15) is 0 Å². The third kappa shape index (κ3) is 2.37. The van der Waals surface area contributed by atoms with Crippen LogP contribution in [-0.2, 0) is 3.74 Å². The molecule has 0 aliphatic heterocycles. The van der Waals surface area contributed by atoms with Gasteiger partial charge in [0.05, 0.1) is 0 Å². The van der Waals surface area contributed by atoms with Crippen LogP contribution >= 0.6 is 0 Å². The van der Waals surface area contributed by atoms with Gasteiger partial charge < -0.3 is 0 Å². The molecule has 0 aromatic heterocycles. The van der Waals surface area contributed by atoms with Crippen LogP contribution in [0.2, 0.25) is 0 Å². The van der Waals surface area contributed by atoms with Crippen LogP contribution in [0.5, 0.6) is 0 Å². The summed E-state index contributed by atoms with van der Waals surface area (Å²) in [6.07, 6.45) is 0. The van der Waals surface area contributed by atoms with E-state index in [-0.39, 0.29) is 10.0 Å². The van der Waals surface area contributed by atoms with E-state index in [4.69, 9.17) is 0 Å². The minimum absolute atomic E-state index is 0.119. The van der Waals surface area contributed by atoms with Crippen molar-refractivity contribution in [1.29, 1.82) is 0 Å². The Morgan fingerprint density at radius 2 is 1.61 bits per heavy atom. The summed E-state index contributed by atoms with van der Waals surface area (Å²) in [5.41, 5.74) is -0.181. The second-order valence-corrected chi connectivity index (χ2v) is 8.27. The molecule has 5 nitrogen and oxygen atoms in total.